The van der Waals surface area contributed by atoms with Gasteiger partial charge in [0.1, 0.15) is 0 Å². The molecule has 20 heavy (non-hydrogen) atoms. The van der Waals surface area contributed by atoms with Crippen molar-refractivity contribution in [2.45, 2.75) is 70.6 Å². The third-order valence-electron chi connectivity index (χ3n) is 4.31. The van der Waals surface area contributed by atoms with Gasteiger partial charge in [-0.1, -0.05) is 20.3 Å². The smallest absolute Gasteiger partial charge is 0.0610 e. The van der Waals surface area contributed by atoms with E-state index in [1.807, 2.05) is 7.11 Å². The highest BCUT2D eigenvalue weighted by Crippen LogP contribution is 2.17. The number of piperidine rings is 1. The third-order valence-corrected chi connectivity index (χ3v) is 4.31. The molecule has 1 atom stereocenters. The molecule has 1 aliphatic heterocycles. The van der Waals surface area contributed by atoms with Gasteiger partial charge in [-0.25, -0.2) is 0 Å². The number of aliphatic hydroxyl groups excluding tert-OH is 1. The lowest BCUT2D eigenvalue weighted by atomic mass is 9.94. The van der Waals surface area contributed by atoms with Crippen LogP contribution in [0.4, 0.5) is 0 Å². The zero-order valence-corrected chi connectivity index (χ0v) is 13.8. The third kappa shape index (κ3) is 6.53. The molecule has 1 saturated heterocycles. The topological polar surface area (TPSA) is 44.7 Å². The van der Waals surface area contributed by atoms with Gasteiger partial charge < -0.3 is 20.1 Å². The maximum absolute atomic E-state index is 9.55. The molecule has 0 aromatic carbocycles. The van der Waals surface area contributed by atoms with Crippen LogP contribution in [-0.4, -0.2) is 61.0 Å². The van der Waals surface area contributed by atoms with Crippen LogP contribution in [0.5, 0.6) is 0 Å². The summed E-state index contributed by atoms with van der Waals surface area (Å²) in [6, 6.07) is 0.417. The average Bonchev–Trinajstić information content (AvgIpc) is 2.43. The fraction of sp³-hybridized carbons (Fsp3) is 1.00. The fourth-order valence-electron chi connectivity index (χ4n) is 3.11. The molecular weight excluding hydrogens is 252 g/mol. The van der Waals surface area contributed by atoms with E-state index in [0.29, 0.717) is 12.1 Å². The Labute approximate surface area is 124 Å². The molecule has 2 N–H and O–H groups in total. The van der Waals surface area contributed by atoms with E-state index in [1.54, 1.807) is 0 Å². The Morgan fingerprint density at radius 1 is 1.30 bits per heavy atom. The monoisotopic (exact) mass is 286 g/mol. The van der Waals surface area contributed by atoms with Gasteiger partial charge in [0.05, 0.1) is 12.7 Å². The summed E-state index contributed by atoms with van der Waals surface area (Å²) < 4.78 is 5.40. The number of rotatable bonds is 9. The molecule has 0 bridgehead atoms. The molecule has 120 valence electrons. The molecule has 1 rings (SSSR count). The number of methoxy groups -OCH3 is 1. The van der Waals surface area contributed by atoms with Crippen LogP contribution in [0.3, 0.4) is 0 Å². The molecule has 4 heteroatoms. The maximum Gasteiger partial charge on any atom is 0.0610 e. The van der Waals surface area contributed by atoms with E-state index in [1.165, 1.54) is 45.3 Å². The Hall–Kier alpha value is -0.160. The predicted molar refractivity (Wildman–Crippen MR) is 84.1 cm³/mol. The normalized spacial score (nSPS) is 21.3. The van der Waals surface area contributed by atoms with Crippen molar-refractivity contribution in [1.29, 1.82) is 0 Å². The molecular formula is C16H34N2O2. The van der Waals surface area contributed by atoms with Crippen molar-refractivity contribution in [1.82, 2.24) is 10.2 Å². The zero-order chi connectivity index (χ0) is 15.0. The van der Waals surface area contributed by atoms with Crippen LogP contribution >= 0.6 is 0 Å². The van der Waals surface area contributed by atoms with Crippen molar-refractivity contribution in [2.75, 3.05) is 33.4 Å². The Bertz CT molecular complexity index is 253. The summed E-state index contributed by atoms with van der Waals surface area (Å²) in [4.78, 5) is 2.54. The van der Waals surface area contributed by atoms with Gasteiger partial charge >= 0.3 is 0 Å². The average molecular weight is 286 g/mol. The number of likely N-dealkylation sites (tertiary alicyclic amines) is 1. The van der Waals surface area contributed by atoms with E-state index in [-0.39, 0.29) is 12.1 Å². The summed E-state index contributed by atoms with van der Waals surface area (Å²) in [6.45, 7) is 10.1. The lowest BCUT2D eigenvalue weighted by molar-refractivity contribution is 0.0404. The lowest BCUT2D eigenvalue weighted by Gasteiger charge is -2.33. The van der Waals surface area contributed by atoms with Crippen molar-refractivity contribution in [3.63, 3.8) is 0 Å². The van der Waals surface area contributed by atoms with Crippen LogP contribution in [0.1, 0.15) is 52.9 Å². The minimum atomic E-state index is -0.128. The second-order valence-electron chi connectivity index (χ2n) is 6.75. The molecule has 1 fully saturated rings. The second kappa shape index (κ2) is 8.98. The summed E-state index contributed by atoms with van der Waals surface area (Å²) in [7, 11) is 1.82. The summed E-state index contributed by atoms with van der Waals surface area (Å²) in [5, 5.41) is 13.0. The Balaban J connectivity index is 2.15. The summed E-state index contributed by atoms with van der Waals surface area (Å²) >= 11 is 0. The molecule has 0 aliphatic carbocycles. The van der Waals surface area contributed by atoms with Gasteiger partial charge in [0, 0.05) is 31.8 Å². The van der Waals surface area contributed by atoms with E-state index < -0.39 is 0 Å². The first kappa shape index (κ1) is 17.9. The molecule has 0 saturated carbocycles. The highest BCUT2D eigenvalue weighted by atomic mass is 16.5. The van der Waals surface area contributed by atoms with Crippen LogP contribution < -0.4 is 5.32 Å². The van der Waals surface area contributed by atoms with E-state index in [0.717, 1.165) is 6.42 Å². The molecule has 1 aliphatic rings. The highest BCUT2D eigenvalue weighted by Gasteiger charge is 2.23. The summed E-state index contributed by atoms with van der Waals surface area (Å²) in [5.41, 5.74) is -0.128. The van der Waals surface area contributed by atoms with Crippen molar-refractivity contribution >= 4 is 0 Å². The number of ether oxygens (including phenoxy) is 1. The molecule has 0 aromatic heterocycles. The SMILES string of the molecule is COC1CCN(CCCCC(C)(CO)NC(C)C)CC1. The number of hydrogen-bond acceptors (Lipinski definition) is 4. The minimum absolute atomic E-state index is 0.128. The fourth-order valence-corrected chi connectivity index (χ4v) is 3.11. The second-order valence-corrected chi connectivity index (χ2v) is 6.75. The Morgan fingerprint density at radius 2 is 1.95 bits per heavy atom. The number of hydrogen-bond donors (Lipinski definition) is 2. The van der Waals surface area contributed by atoms with Crippen LogP contribution in [0.2, 0.25) is 0 Å². The van der Waals surface area contributed by atoms with Crippen molar-refractivity contribution in [3.05, 3.63) is 0 Å². The number of aliphatic hydroxyl groups is 1. The van der Waals surface area contributed by atoms with Gasteiger partial charge in [-0.05, 0) is 39.2 Å². The Morgan fingerprint density at radius 3 is 2.45 bits per heavy atom. The number of unbranched alkanes of at least 4 members (excludes halogenated alkanes) is 1. The zero-order valence-electron chi connectivity index (χ0n) is 13.8. The van der Waals surface area contributed by atoms with Crippen LogP contribution in [-0.2, 0) is 4.74 Å². The Kier molecular flexibility index (Phi) is 8.03. The number of nitrogens with one attached hydrogen (secondary N) is 1. The maximum atomic E-state index is 9.55. The summed E-state index contributed by atoms with van der Waals surface area (Å²) in [5.74, 6) is 0. The first-order valence-corrected chi connectivity index (χ1v) is 8.13. The van der Waals surface area contributed by atoms with Crippen LogP contribution in [0, 0.1) is 0 Å². The first-order valence-electron chi connectivity index (χ1n) is 8.13. The molecule has 0 aromatic rings. The van der Waals surface area contributed by atoms with Crippen LogP contribution in [0.15, 0.2) is 0 Å². The van der Waals surface area contributed by atoms with E-state index >= 15 is 0 Å². The number of nitrogens with zero attached hydrogens (tertiary/aromatic N) is 1. The van der Waals surface area contributed by atoms with E-state index in [9.17, 15) is 5.11 Å². The van der Waals surface area contributed by atoms with Gasteiger partial charge in [0.25, 0.3) is 0 Å². The quantitative estimate of drug-likeness (QED) is 0.637. The first-order chi connectivity index (χ1) is 9.49. The van der Waals surface area contributed by atoms with Crippen molar-refractivity contribution in [2.24, 2.45) is 0 Å². The van der Waals surface area contributed by atoms with Crippen molar-refractivity contribution < 1.29 is 9.84 Å². The van der Waals surface area contributed by atoms with Gasteiger partial charge in [-0.2, -0.15) is 0 Å². The molecule has 1 unspecified atom stereocenters. The van der Waals surface area contributed by atoms with E-state index in [4.69, 9.17) is 4.74 Å². The molecule has 0 spiro atoms. The van der Waals surface area contributed by atoms with Gasteiger partial charge in [-0.15, -0.1) is 0 Å². The minimum Gasteiger partial charge on any atom is -0.394 e. The lowest BCUT2D eigenvalue weighted by Crippen LogP contribution is -2.49. The molecule has 0 amide bonds. The standard InChI is InChI=1S/C16H34N2O2/c1-14(2)17-16(3,13-19)9-5-6-10-18-11-7-15(20-4)8-12-18/h14-15,17,19H,5-13H2,1-4H3. The largest absolute Gasteiger partial charge is 0.394 e. The van der Waals surface area contributed by atoms with Gasteiger partial charge in [-0.3, -0.25) is 0 Å². The summed E-state index contributed by atoms with van der Waals surface area (Å²) in [6.07, 6.45) is 6.23. The molecule has 1 heterocycles. The van der Waals surface area contributed by atoms with Gasteiger partial charge in [0.2, 0.25) is 0 Å². The molecule has 0 radical (unpaired) electrons. The predicted octanol–water partition coefficient (Wildman–Crippen LogP) is 2.02. The van der Waals surface area contributed by atoms with E-state index in [2.05, 4.69) is 31.0 Å². The molecule has 4 nitrogen and oxygen atoms in total. The van der Waals surface area contributed by atoms with Crippen LogP contribution in [0.25, 0.3) is 0 Å². The highest BCUT2D eigenvalue weighted by molar-refractivity contribution is 4.84. The van der Waals surface area contributed by atoms with Gasteiger partial charge in [0.15, 0.2) is 0 Å². The van der Waals surface area contributed by atoms with Crippen molar-refractivity contribution in [3.8, 4) is 0 Å².